The van der Waals surface area contributed by atoms with E-state index >= 15 is 0 Å². The van der Waals surface area contributed by atoms with Crippen LogP contribution in [-0.2, 0) is 0 Å². The van der Waals surface area contributed by atoms with E-state index in [-0.39, 0.29) is 6.42 Å². The van der Waals surface area contributed by atoms with Crippen LogP contribution in [0.3, 0.4) is 0 Å². The topological polar surface area (TPSA) is 121 Å². The highest BCUT2D eigenvalue weighted by atomic mass is 16.7. The zero-order valence-electron chi connectivity index (χ0n) is 20.9. The van der Waals surface area contributed by atoms with Gasteiger partial charge >= 0.3 is 5.97 Å². The second-order valence-electron chi connectivity index (χ2n) is 12.9. The molecule has 4 aliphatic rings. The molecule has 4 aliphatic carbocycles. The van der Waals surface area contributed by atoms with Crippen molar-refractivity contribution < 1.29 is 30.6 Å². The second-order valence-corrected chi connectivity index (χ2v) is 12.9. The van der Waals surface area contributed by atoms with Crippen LogP contribution in [0.15, 0.2) is 0 Å². The molecular formula is C27H48O6. The van der Waals surface area contributed by atoms with Gasteiger partial charge in [-0.1, -0.05) is 40.0 Å². The van der Waals surface area contributed by atoms with Crippen molar-refractivity contribution >= 4 is 0 Å². The summed E-state index contributed by atoms with van der Waals surface area (Å²) in [5.74, 6) is 0.898. The van der Waals surface area contributed by atoms with Gasteiger partial charge in [0.2, 0.25) is 0 Å². The molecule has 0 heterocycles. The SMILES string of the molecule is C[C@H](CCCC(O)(C(O)O)C(O)(O)O)[C@H]1CC[C@H]2[C@@H]3CC[C@@H]4CCCC[C@]4(C)[C@H]3CC[C@]12C. The van der Waals surface area contributed by atoms with Crippen LogP contribution in [0.1, 0.15) is 104 Å². The third-order valence-corrected chi connectivity index (χ3v) is 11.6. The Morgan fingerprint density at radius 1 is 0.818 bits per heavy atom. The number of aliphatic hydroxyl groups is 6. The fourth-order valence-corrected chi connectivity index (χ4v) is 9.64. The maximum absolute atomic E-state index is 10.2. The van der Waals surface area contributed by atoms with E-state index in [4.69, 9.17) is 0 Å². The van der Waals surface area contributed by atoms with Gasteiger partial charge < -0.3 is 30.6 Å². The Morgan fingerprint density at radius 3 is 2.18 bits per heavy atom. The van der Waals surface area contributed by atoms with E-state index in [0.717, 1.165) is 30.1 Å². The number of fused-ring (bicyclic) bond motifs is 5. The number of hydrogen-bond donors (Lipinski definition) is 6. The monoisotopic (exact) mass is 468 g/mol. The molecule has 9 atom stereocenters. The van der Waals surface area contributed by atoms with Gasteiger partial charge in [-0.2, -0.15) is 0 Å². The first-order valence-electron chi connectivity index (χ1n) is 13.6. The summed E-state index contributed by atoms with van der Waals surface area (Å²) in [7, 11) is 0. The molecule has 0 spiro atoms. The quantitative estimate of drug-likeness (QED) is 0.318. The molecule has 0 aromatic carbocycles. The largest absolute Gasteiger partial charge is 0.377 e. The van der Waals surface area contributed by atoms with Crippen molar-refractivity contribution in [3.8, 4) is 0 Å². The highest BCUT2D eigenvalue weighted by molar-refractivity contribution is 5.09. The standard InChI is InChI=1S/C27H48O6/c1-17(7-6-15-26(30,23(28)29)27(31,32)33)20-11-12-21-19-10-9-18-8-4-5-14-24(18,2)22(19)13-16-25(20,21)3/h17-23,28-33H,4-16H2,1-3H3/t17-,18+,19+,20-,21+,22+,24+,25-,26?/m1/s1. The van der Waals surface area contributed by atoms with Crippen LogP contribution in [0.4, 0.5) is 0 Å². The van der Waals surface area contributed by atoms with Crippen molar-refractivity contribution in [3.05, 3.63) is 0 Å². The summed E-state index contributed by atoms with van der Waals surface area (Å²) in [5, 5.41) is 57.4. The van der Waals surface area contributed by atoms with Gasteiger partial charge in [0.15, 0.2) is 11.9 Å². The highest BCUT2D eigenvalue weighted by Crippen LogP contribution is 2.68. The summed E-state index contributed by atoms with van der Waals surface area (Å²) in [6.07, 6.45) is 12.1. The van der Waals surface area contributed by atoms with E-state index < -0.39 is 17.9 Å². The maximum atomic E-state index is 10.2. The minimum Gasteiger partial charge on any atom is -0.377 e. The average molecular weight is 469 g/mol. The molecule has 0 aliphatic heterocycles. The second kappa shape index (κ2) is 9.01. The summed E-state index contributed by atoms with van der Waals surface area (Å²) in [6.45, 7) is 7.39. The van der Waals surface area contributed by atoms with Crippen LogP contribution in [0.25, 0.3) is 0 Å². The average Bonchev–Trinajstić information content (AvgIpc) is 3.09. The van der Waals surface area contributed by atoms with Crippen molar-refractivity contribution in [3.63, 3.8) is 0 Å². The summed E-state index contributed by atoms with van der Waals surface area (Å²) in [6, 6.07) is 0. The zero-order valence-corrected chi connectivity index (χ0v) is 20.9. The lowest BCUT2D eigenvalue weighted by molar-refractivity contribution is -0.425. The number of aliphatic hydroxyl groups excluding tert-OH is 1. The highest BCUT2D eigenvalue weighted by Gasteiger charge is 2.60. The Bertz CT molecular complexity index is 691. The molecule has 0 bridgehead atoms. The molecule has 0 radical (unpaired) electrons. The van der Waals surface area contributed by atoms with Crippen LogP contribution in [0.5, 0.6) is 0 Å². The fraction of sp³-hybridized carbons (Fsp3) is 1.00. The summed E-state index contributed by atoms with van der Waals surface area (Å²) in [5.41, 5.74) is -1.89. The smallest absolute Gasteiger partial charge is 0.311 e. The molecule has 0 aromatic rings. The Labute approximate surface area is 199 Å². The van der Waals surface area contributed by atoms with Crippen LogP contribution in [-0.4, -0.2) is 48.5 Å². The van der Waals surface area contributed by atoms with Crippen LogP contribution in [0.2, 0.25) is 0 Å². The Kier molecular flexibility index (Phi) is 7.05. The molecule has 6 heteroatoms. The summed E-state index contributed by atoms with van der Waals surface area (Å²) < 4.78 is 0. The van der Waals surface area contributed by atoms with Crippen LogP contribution >= 0.6 is 0 Å². The fourth-order valence-electron chi connectivity index (χ4n) is 9.64. The van der Waals surface area contributed by atoms with Gasteiger partial charge in [-0.25, -0.2) is 0 Å². The van der Waals surface area contributed by atoms with Gasteiger partial charge in [0.05, 0.1) is 0 Å². The Morgan fingerprint density at radius 2 is 1.52 bits per heavy atom. The minimum absolute atomic E-state index is 0.296. The molecule has 0 aromatic heterocycles. The Balaban J connectivity index is 1.41. The molecule has 0 saturated heterocycles. The number of rotatable bonds is 7. The lowest BCUT2D eigenvalue weighted by atomic mass is 9.44. The molecule has 4 fully saturated rings. The lowest BCUT2D eigenvalue weighted by Crippen LogP contribution is -2.61. The lowest BCUT2D eigenvalue weighted by Gasteiger charge is -2.61. The summed E-state index contributed by atoms with van der Waals surface area (Å²) >= 11 is 0. The van der Waals surface area contributed by atoms with Gasteiger partial charge in [0.1, 0.15) is 0 Å². The van der Waals surface area contributed by atoms with E-state index in [2.05, 4.69) is 20.8 Å². The maximum Gasteiger partial charge on any atom is 0.311 e. The van der Waals surface area contributed by atoms with E-state index in [1.54, 1.807) is 0 Å². The molecule has 192 valence electrons. The molecular weight excluding hydrogens is 420 g/mol. The molecule has 4 rings (SSSR count). The molecule has 33 heavy (non-hydrogen) atoms. The van der Waals surface area contributed by atoms with Gasteiger partial charge in [0, 0.05) is 0 Å². The van der Waals surface area contributed by atoms with Crippen molar-refractivity contribution in [1.29, 1.82) is 0 Å². The summed E-state index contributed by atoms with van der Waals surface area (Å²) in [4.78, 5) is 0. The van der Waals surface area contributed by atoms with Gasteiger partial charge in [0.25, 0.3) is 0 Å². The zero-order chi connectivity index (χ0) is 24.2. The van der Waals surface area contributed by atoms with Gasteiger partial charge in [-0.3, -0.25) is 0 Å². The van der Waals surface area contributed by atoms with E-state index in [0.29, 0.717) is 29.1 Å². The first-order valence-corrected chi connectivity index (χ1v) is 13.6. The van der Waals surface area contributed by atoms with Crippen molar-refractivity contribution in [2.24, 2.45) is 46.3 Å². The first kappa shape index (κ1) is 25.8. The Hall–Kier alpha value is -0.240. The van der Waals surface area contributed by atoms with Crippen molar-refractivity contribution in [2.75, 3.05) is 0 Å². The van der Waals surface area contributed by atoms with Crippen LogP contribution < -0.4 is 0 Å². The molecule has 0 amide bonds. The molecule has 6 nitrogen and oxygen atoms in total. The normalized spacial score (nSPS) is 44.0. The van der Waals surface area contributed by atoms with E-state index in [1.165, 1.54) is 64.2 Å². The molecule has 1 unspecified atom stereocenters. The van der Waals surface area contributed by atoms with Crippen LogP contribution in [0, 0.1) is 46.3 Å². The minimum atomic E-state index is -3.55. The third-order valence-electron chi connectivity index (χ3n) is 11.6. The predicted molar refractivity (Wildman–Crippen MR) is 125 cm³/mol. The number of hydrogen-bond acceptors (Lipinski definition) is 6. The molecule has 4 saturated carbocycles. The van der Waals surface area contributed by atoms with Crippen molar-refractivity contribution in [2.45, 2.75) is 122 Å². The molecule has 6 N–H and O–H groups in total. The predicted octanol–water partition coefficient (Wildman–Crippen LogP) is 3.51. The van der Waals surface area contributed by atoms with E-state index in [9.17, 15) is 30.6 Å². The van der Waals surface area contributed by atoms with E-state index in [1.807, 2.05) is 0 Å². The van der Waals surface area contributed by atoms with Gasteiger partial charge in [-0.05, 0) is 111 Å². The van der Waals surface area contributed by atoms with Crippen molar-refractivity contribution in [1.82, 2.24) is 0 Å². The van der Waals surface area contributed by atoms with Gasteiger partial charge in [-0.15, -0.1) is 0 Å². The first-order chi connectivity index (χ1) is 15.3. The third kappa shape index (κ3) is 4.21.